The largest absolute Gasteiger partial charge is 0.463 e. The Labute approximate surface area is 138 Å². The first kappa shape index (κ1) is 20.9. The van der Waals surface area contributed by atoms with E-state index in [0.29, 0.717) is 6.61 Å². The van der Waals surface area contributed by atoms with Crippen LogP contribution in [0.1, 0.15) is 90.9 Å². The Kier molecular flexibility index (Phi) is 17.1. The molecule has 0 rings (SSSR count). The SMILES string of the molecule is CCCCCC=CCCCCCCCC/C=C\C(=O)OCC. The molecule has 2 heteroatoms. The standard InChI is InChI=1S/C20H36O2/c1-3-5-6-7-8-9-10-11-12-13-14-15-16-17-18-19-20(21)22-4-2/h8-9,18-19H,3-7,10-17H2,1-2H3/b9-8?,19-18-. The third-order valence-corrected chi connectivity index (χ3v) is 3.67. The summed E-state index contributed by atoms with van der Waals surface area (Å²) in [6.45, 7) is 4.53. The van der Waals surface area contributed by atoms with Crippen molar-refractivity contribution in [2.24, 2.45) is 0 Å². The first-order valence-corrected chi connectivity index (χ1v) is 9.29. The molecule has 0 atom stereocenters. The highest BCUT2D eigenvalue weighted by Crippen LogP contribution is 2.09. The Balaban J connectivity index is 3.19. The Bertz CT molecular complexity index is 292. The maximum Gasteiger partial charge on any atom is 0.330 e. The van der Waals surface area contributed by atoms with E-state index in [2.05, 4.69) is 19.1 Å². The summed E-state index contributed by atoms with van der Waals surface area (Å²) in [5, 5.41) is 0. The molecule has 0 aromatic rings. The van der Waals surface area contributed by atoms with E-state index in [4.69, 9.17) is 4.74 Å². The van der Waals surface area contributed by atoms with E-state index >= 15 is 0 Å². The number of rotatable bonds is 15. The highest BCUT2D eigenvalue weighted by atomic mass is 16.5. The molecule has 0 amide bonds. The third kappa shape index (κ3) is 17.0. The molecule has 0 aliphatic rings. The molecule has 0 unspecified atom stereocenters. The van der Waals surface area contributed by atoms with Crippen LogP contribution in [0.15, 0.2) is 24.3 Å². The van der Waals surface area contributed by atoms with Gasteiger partial charge in [-0.1, -0.05) is 63.7 Å². The molecule has 0 heterocycles. The van der Waals surface area contributed by atoms with Crippen LogP contribution in [-0.2, 0) is 9.53 Å². The van der Waals surface area contributed by atoms with Crippen molar-refractivity contribution < 1.29 is 9.53 Å². The number of hydrogen-bond donors (Lipinski definition) is 0. The van der Waals surface area contributed by atoms with Crippen molar-refractivity contribution in [3.63, 3.8) is 0 Å². The van der Waals surface area contributed by atoms with Gasteiger partial charge in [-0.3, -0.25) is 0 Å². The molecule has 0 saturated heterocycles. The van der Waals surface area contributed by atoms with E-state index in [1.807, 2.05) is 13.0 Å². The lowest BCUT2D eigenvalue weighted by Gasteiger charge is -1.99. The van der Waals surface area contributed by atoms with E-state index < -0.39 is 0 Å². The van der Waals surface area contributed by atoms with Crippen LogP contribution >= 0.6 is 0 Å². The van der Waals surface area contributed by atoms with Gasteiger partial charge in [0.2, 0.25) is 0 Å². The van der Waals surface area contributed by atoms with Gasteiger partial charge in [0.05, 0.1) is 6.61 Å². The number of carbonyl (C=O) groups excluding carboxylic acids is 1. The van der Waals surface area contributed by atoms with E-state index in [9.17, 15) is 4.79 Å². The lowest BCUT2D eigenvalue weighted by atomic mass is 10.1. The molecule has 128 valence electrons. The topological polar surface area (TPSA) is 26.3 Å². The molecular formula is C20H36O2. The lowest BCUT2D eigenvalue weighted by Crippen LogP contribution is -1.98. The van der Waals surface area contributed by atoms with Crippen LogP contribution in [0.2, 0.25) is 0 Å². The van der Waals surface area contributed by atoms with Gasteiger partial charge >= 0.3 is 5.97 Å². The molecule has 0 N–H and O–H groups in total. The normalized spacial score (nSPS) is 11.5. The average molecular weight is 309 g/mol. The molecule has 0 spiro atoms. The predicted molar refractivity (Wildman–Crippen MR) is 96.0 cm³/mol. The average Bonchev–Trinajstić information content (AvgIpc) is 2.51. The highest BCUT2D eigenvalue weighted by Gasteiger charge is 1.93. The van der Waals surface area contributed by atoms with Gasteiger partial charge in [-0.15, -0.1) is 0 Å². The second-order valence-electron chi connectivity index (χ2n) is 5.82. The van der Waals surface area contributed by atoms with Gasteiger partial charge in [-0.2, -0.15) is 0 Å². The smallest absolute Gasteiger partial charge is 0.330 e. The molecule has 0 aliphatic carbocycles. The first-order valence-electron chi connectivity index (χ1n) is 9.29. The molecular weight excluding hydrogens is 272 g/mol. The van der Waals surface area contributed by atoms with Crippen molar-refractivity contribution in [3.8, 4) is 0 Å². The fourth-order valence-electron chi connectivity index (χ4n) is 2.35. The van der Waals surface area contributed by atoms with Crippen LogP contribution in [0.5, 0.6) is 0 Å². The van der Waals surface area contributed by atoms with E-state index in [1.165, 1.54) is 70.6 Å². The fraction of sp³-hybridized carbons (Fsp3) is 0.750. The zero-order valence-electron chi connectivity index (χ0n) is 14.8. The Hall–Kier alpha value is -1.05. The number of ether oxygens (including phenoxy) is 1. The van der Waals surface area contributed by atoms with E-state index in [0.717, 1.165) is 6.42 Å². The van der Waals surface area contributed by atoms with Gasteiger partial charge in [0, 0.05) is 6.08 Å². The molecule has 0 fully saturated rings. The zero-order valence-corrected chi connectivity index (χ0v) is 14.8. The summed E-state index contributed by atoms with van der Waals surface area (Å²) in [4.78, 5) is 11.1. The highest BCUT2D eigenvalue weighted by molar-refractivity contribution is 5.81. The van der Waals surface area contributed by atoms with Gasteiger partial charge in [0.15, 0.2) is 0 Å². The Morgan fingerprint density at radius 2 is 1.23 bits per heavy atom. The summed E-state index contributed by atoms with van der Waals surface area (Å²) in [6.07, 6.45) is 23.5. The van der Waals surface area contributed by atoms with Crippen LogP contribution in [0.25, 0.3) is 0 Å². The summed E-state index contributed by atoms with van der Waals surface area (Å²) in [5.74, 6) is -0.217. The molecule has 0 radical (unpaired) electrons. The van der Waals surface area contributed by atoms with Crippen LogP contribution in [-0.4, -0.2) is 12.6 Å². The summed E-state index contributed by atoms with van der Waals surface area (Å²) in [7, 11) is 0. The molecule has 22 heavy (non-hydrogen) atoms. The Morgan fingerprint density at radius 1 is 0.727 bits per heavy atom. The summed E-state index contributed by atoms with van der Waals surface area (Å²) in [6, 6.07) is 0. The minimum atomic E-state index is -0.217. The minimum absolute atomic E-state index is 0.217. The van der Waals surface area contributed by atoms with Crippen molar-refractivity contribution >= 4 is 5.97 Å². The van der Waals surface area contributed by atoms with Crippen LogP contribution in [0, 0.1) is 0 Å². The molecule has 2 nitrogen and oxygen atoms in total. The molecule has 0 saturated carbocycles. The van der Waals surface area contributed by atoms with Crippen molar-refractivity contribution in [2.45, 2.75) is 90.9 Å². The first-order chi connectivity index (χ1) is 10.8. The molecule has 0 aromatic carbocycles. The third-order valence-electron chi connectivity index (χ3n) is 3.67. The van der Waals surface area contributed by atoms with E-state index in [-0.39, 0.29) is 5.97 Å². The van der Waals surface area contributed by atoms with E-state index in [1.54, 1.807) is 6.08 Å². The molecule has 0 aliphatic heterocycles. The Morgan fingerprint density at radius 3 is 1.77 bits per heavy atom. The number of allylic oxidation sites excluding steroid dienone is 3. The monoisotopic (exact) mass is 308 g/mol. The van der Waals surface area contributed by atoms with Crippen molar-refractivity contribution in [3.05, 3.63) is 24.3 Å². The number of unbranched alkanes of at least 4 members (excludes halogenated alkanes) is 10. The zero-order chi connectivity index (χ0) is 16.3. The number of hydrogen-bond acceptors (Lipinski definition) is 2. The minimum Gasteiger partial charge on any atom is -0.463 e. The maximum absolute atomic E-state index is 11.1. The second-order valence-corrected chi connectivity index (χ2v) is 5.82. The predicted octanol–water partition coefficient (Wildman–Crippen LogP) is 6.36. The van der Waals surface area contributed by atoms with Gasteiger partial charge in [-0.25, -0.2) is 4.79 Å². The fourth-order valence-corrected chi connectivity index (χ4v) is 2.35. The summed E-state index contributed by atoms with van der Waals surface area (Å²) < 4.78 is 4.83. The van der Waals surface area contributed by atoms with Crippen LogP contribution in [0.4, 0.5) is 0 Å². The second kappa shape index (κ2) is 18.0. The van der Waals surface area contributed by atoms with Crippen molar-refractivity contribution in [1.29, 1.82) is 0 Å². The molecule has 0 bridgehead atoms. The molecule has 0 aromatic heterocycles. The van der Waals surface area contributed by atoms with Crippen LogP contribution in [0.3, 0.4) is 0 Å². The summed E-state index contributed by atoms with van der Waals surface area (Å²) in [5.41, 5.74) is 0. The van der Waals surface area contributed by atoms with Gasteiger partial charge in [0.1, 0.15) is 0 Å². The van der Waals surface area contributed by atoms with Crippen LogP contribution < -0.4 is 0 Å². The summed E-state index contributed by atoms with van der Waals surface area (Å²) >= 11 is 0. The number of carbonyl (C=O) groups is 1. The van der Waals surface area contributed by atoms with Crippen molar-refractivity contribution in [2.75, 3.05) is 6.61 Å². The van der Waals surface area contributed by atoms with Gasteiger partial charge in [-0.05, 0) is 45.4 Å². The maximum atomic E-state index is 11.1. The lowest BCUT2D eigenvalue weighted by molar-refractivity contribution is -0.137. The van der Waals surface area contributed by atoms with Gasteiger partial charge in [0.25, 0.3) is 0 Å². The quantitative estimate of drug-likeness (QED) is 0.152. The number of esters is 1. The van der Waals surface area contributed by atoms with Crippen molar-refractivity contribution in [1.82, 2.24) is 0 Å². The van der Waals surface area contributed by atoms with Gasteiger partial charge < -0.3 is 4.74 Å².